The molecule has 0 unspecified atom stereocenters. The summed E-state index contributed by atoms with van der Waals surface area (Å²) in [7, 11) is -9.89. The van der Waals surface area contributed by atoms with E-state index in [1.54, 1.807) is 6.92 Å². The monoisotopic (exact) mass is 555 g/mol. The SMILES string of the molecule is CCOC(=O)C[C@H](N)C(=O)[O-].NCCN.NCCN.O.[Co+3].[O-][Cl+3]([O-])([O-])[O-].[O-][Cl+3]([O-])([O-])[O-]. The number of carbonyl (C=O) groups is 2. The van der Waals surface area contributed by atoms with Gasteiger partial charge in [-0.05, 0) is 6.92 Å². The molecule has 0 saturated heterocycles. The first-order valence-corrected chi connectivity index (χ1v) is 9.53. The van der Waals surface area contributed by atoms with E-state index in [2.05, 4.69) is 4.74 Å². The van der Waals surface area contributed by atoms with Gasteiger partial charge in [-0.25, -0.2) is 37.3 Å². The summed E-state index contributed by atoms with van der Waals surface area (Å²) in [4.78, 5) is 20.6. The van der Waals surface area contributed by atoms with Gasteiger partial charge in [-0.1, -0.05) is 0 Å². The molecule has 1 atom stereocenters. The summed E-state index contributed by atoms with van der Waals surface area (Å²) >= 11 is 0. The number of ether oxygens (including phenoxy) is 1. The van der Waals surface area contributed by atoms with Gasteiger partial charge in [-0.15, -0.1) is 20.5 Å². The van der Waals surface area contributed by atoms with Crippen LogP contribution in [0, 0.1) is 20.5 Å². The Kier molecular flexibility index (Phi) is 49.0. The van der Waals surface area contributed by atoms with Crippen molar-refractivity contribution in [1.29, 1.82) is 0 Å². The van der Waals surface area contributed by atoms with Crippen LogP contribution in [0.4, 0.5) is 0 Å². The number of rotatable bonds is 6. The Balaban J connectivity index is -0.0000000494. The number of carboxylic acids is 1. The molecule has 18 nitrogen and oxygen atoms in total. The van der Waals surface area contributed by atoms with Crippen molar-refractivity contribution in [2.24, 2.45) is 28.7 Å². The Hall–Kier alpha value is -0.534. The maximum absolute atomic E-state index is 10.6. The third kappa shape index (κ3) is 143. The van der Waals surface area contributed by atoms with Crippen LogP contribution in [-0.4, -0.2) is 56.2 Å². The van der Waals surface area contributed by atoms with Crippen LogP contribution in [0.5, 0.6) is 0 Å². The van der Waals surface area contributed by atoms with Crippen molar-refractivity contribution in [3.63, 3.8) is 0 Å². The smallest absolute Gasteiger partial charge is 0.548 e. The van der Waals surface area contributed by atoms with Gasteiger partial charge >= 0.3 is 22.7 Å². The molecule has 194 valence electrons. The second-order valence-corrected chi connectivity index (χ2v) is 5.36. The minimum absolute atomic E-state index is 0. The number of aliphatic carboxylic acids is 1. The van der Waals surface area contributed by atoms with Crippen molar-refractivity contribution in [1.82, 2.24) is 0 Å². The average molecular weight is 556 g/mol. The Morgan fingerprint density at radius 1 is 0.806 bits per heavy atom. The molecule has 0 fully saturated rings. The minimum Gasteiger partial charge on any atom is -0.548 e. The van der Waals surface area contributed by atoms with Gasteiger partial charge in [0.15, 0.2) is 0 Å². The van der Waals surface area contributed by atoms with E-state index in [4.69, 9.17) is 65.9 Å². The molecular weight excluding hydrogens is 528 g/mol. The molecule has 0 aliphatic heterocycles. The molecule has 0 saturated carbocycles. The maximum Gasteiger partial charge on any atom is 3.00 e. The van der Waals surface area contributed by atoms with Gasteiger partial charge in [-0.3, -0.25) is 4.79 Å². The number of hydrogen-bond donors (Lipinski definition) is 5. The molecular formula is C10H28Cl2CoN5O13. The number of halogens is 2. The normalized spacial score (nSPS) is 10.1. The molecule has 0 amide bonds. The second-order valence-electron chi connectivity index (χ2n) is 3.85. The average Bonchev–Trinajstić information content (AvgIpc) is 2.52. The fraction of sp³-hybridized carbons (Fsp3) is 0.800. The summed E-state index contributed by atoms with van der Waals surface area (Å²) in [5.41, 5.74) is 24.6. The van der Waals surface area contributed by atoms with E-state index < -0.39 is 38.5 Å². The first-order valence-electron chi connectivity index (χ1n) is 7.06. The Labute approximate surface area is 192 Å². The predicted octanol–water partition coefficient (Wildman–Crippen LogP) is -14.5. The van der Waals surface area contributed by atoms with Gasteiger partial charge in [-0.2, -0.15) is 0 Å². The standard InChI is InChI=1S/C6H11NO4.2C2H8N2.2ClHO4.Co.H2O/c1-2-11-5(8)3-4(7)6(9)10;2*3-1-2-4;2*2-1(3,4)5;;/h4H,2-3,7H2,1H3,(H,9,10);2*1-4H2;2*(H,2,3,4,5);;1H2/q;;;;;+3;/p-3/t4-;;;;;;/m0....../s1. The van der Waals surface area contributed by atoms with Crippen LogP contribution < -0.4 is 71.0 Å². The number of nitrogens with two attached hydrogens (primary N) is 5. The Bertz CT molecular complexity index is 346. The van der Waals surface area contributed by atoms with Crippen LogP contribution in [0.3, 0.4) is 0 Å². The molecule has 0 radical (unpaired) electrons. The summed E-state index contributed by atoms with van der Waals surface area (Å²) in [6.45, 7) is 4.24. The third-order valence-corrected chi connectivity index (χ3v) is 1.33. The van der Waals surface area contributed by atoms with Crippen LogP contribution in [0.1, 0.15) is 13.3 Å². The van der Waals surface area contributed by atoms with Crippen LogP contribution in [0.2, 0.25) is 0 Å². The third-order valence-electron chi connectivity index (χ3n) is 1.33. The quantitative estimate of drug-likeness (QED) is 0.189. The first-order chi connectivity index (χ1) is 12.9. The number of carbonyl (C=O) groups excluding carboxylic acids is 2. The van der Waals surface area contributed by atoms with Crippen LogP contribution in [0.15, 0.2) is 0 Å². The summed E-state index contributed by atoms with van der Waals surface area (Å²) in [6, 6.07) is -1.27. The van der Waals surface area contributed by atoms with E-state index in [9.17, 15) is 14.7 Å². The zero-order chi connectivity index (χ0) is 24.7. The summed E-state index contributed by atoms with van der Waals surface area (Å²) in [5.74, 6) is -2.07. The van der Waals surface area contributed by atoms with Gasteiger partial charge in [0.25, 0.3) is 0 Å². The molecule has 0 rings (SSSR count). The topological polar surface area (TPSA) is 413 Å². The van der Waals surface area contributed by atoms with Crippen molar-refractivity contribution in [2.75, 3.05) is 32.8 Å². The summed E-state index contributed by atoms with van der Waals surface area (Å²) < 4.78 is 72.4. The van der Waals surface area contributed by atoms with Gasteiger partial charge < -0.3 is 48.8 Å². The van der Waals surface area contributed by atoms with Gasteiger partial charge in [0.1, 0.15) is 0 Å². The van der Waals surface area contributed by atoms with Gasteiger partial charge in [0, 0.05) is 26.2 Å². The molecule has 21 heteroatoms. The molecule has 0 spiro atoms. The Morgan fingerprint density at radius 3 is 1.16 bits per heavy atom. The predicted molar refractivity (Wildman–Crippen MR) is 74.1 cm³/mol. The molecule has 0 heterocycles. The molecule has 0 aliphatic carbocycles. The largest absolute Gasteiger partial charge is 3.00 e. The fourth-order valence-electron chi connectivity index (χ4n) is 0.483. The second kappa shape index (κ2) is 31.7. The molecule has 0 aromatic carbocycles. The van der Waals surface area contributed by atoms with Crippen molar-refractivity contribution in [3.8, 4) is 0 Å². The molecule has 0 bridgehead atoms. The van der Waals surface area contributed by atoms with Crippen LogP contribution in [-0.2, 0) is 31.1 Å². The van der Waals surface area contributed by atoms with E-state index in [1.165, 1.54) is 0 Å². The molecule has 0 aliphatic rings. The molecule has 31 heavy (non-hydrogen) atoms. The maximum atomic E-state index is 10.6. The summed E-state index contributed by atoms with van der Waals surface area (Å²) in [6.07, 6.45) is -0.337. The van der Waals surface area contributed by atoms with E-state index in [1.807, 2.05) is 0 Å². The van der Waals surface area contributed by atoms with Crippen molar-refractivity contribution in [2.45, 2.75) is 19.4 Å². The zero-order valence-electron chi connectivity index (χ0n) is 16.2. The van der Waals surface area contributed by atoms with Gasteiger partial charge in [0.05, 0.1) is 25.0 Å². The van der Waals surface area contributed by atoms with E-state index in [0.717, 1.165) is 0 Å². The molecule has 0 aromatic rings. The van der Waals surface area contributed by atoms with Crippen molar-refractivity contribution >= 4 is 11.9 Å². The fourth-order valence-corrected chi connectivity index (χ4v) is 0.483. The summed E-state index contributed by atoms with van der Waals surface area (Å²) in [5, 5.41) is 10.00. The minimum atomic E-state index is -4.94. The van der Waals surface area contributed by atoms with Crippen LogP contribution >= 0.6 is 0 Å². The Morgan fingerprint density at radius 2 is 1.03 bits per heavy atom. The number of hydrogen-bond acceptors (Lipinski definition) is 17. The van der Waals surface area contributed by atoms with Crippen LogP contribution in [0.25, 0.3) is 0 Å². The molecule has 0 aromatic heterocycles. The first kappa shape index (κ1) is 48.0. The zero-order valence-corrected chi connectivity index (χ0v) is 18.7. The van der Waals surface area contributed by atoms with E-state index in [0.29, 0.717) is 26.2 Å². The van der Waals surface area contributed by atoms with E-state index in [-0.39, 0.29) is 35.3 Å². The number of esters is 1. The van der Waals surface area contributed by atoms with Crippen molar-refractivity contribution in [3.05, 3.63) is 0 Å². The van der Waals surface area contributed by atoms with Gasteiger partial charge in [0.2, 0.25) is 0 Å². The molecule has 12 N–H and O–H groups in total. The van der Waals surface area contributed by atoms with Crippen molar-refractivity contribution < 1.29 is 99.4 Å². The van der Waals surface area contributed by atoms with E-state index >= 15 is 0 Å². The number of carboxylic acid groups (broad SMARTS) is 1.